The van der Waals surface area contributed by atoms with Crippen LogP contribution in [-0.2, 0) is 0 Å². The van der Waals surface area contributed by atoms with Crippen molar-refractivity contribution in [1.82, 2.24) is 4.98 Å². The van der Waals surface area contributed by atoms with Crippen molar-refractivity contribution in [2.75, 3.05) is 0 Å². The molecule has 1 nitrogen and oxygen atoms in total. The van der Waals surface area contributed by atoms with Gasteiger partial charge < -0.3 is 0 Å². The fourth-order valence-electron chi connectivity index (χ4n) is 2.24. The van der Waals surface area contributed by atoms with Crippen molar-refractivity contribution in [2.45, 2.75) is 19.3 Å². The summed E-state index contributed by atoms with van der Waals surface area (Å²) < 4.78 is 0. The zero-order chi connectivity index (χ0) is 11.0. The van der Waals surface area contributed by atoms with E-state index in [2.05, 4.69) is 42.2 Å². The second-order valence-corrected chi connectivity index (χ2v) is 4.68. The van der Waals surface area contributed by atoms with Gasteiger partial charge in [0, 0.05) is 12.4 Å². The molecule has 0 saturated heterocycles. The highest BCUT2D eigenvalue weighted by Crippen LogP contribution is 2.46. The first kappa shape index (κ1) is 9.59. The molecule has 1 saturated carbocycles. The molecular weight excluding hydrogens is 194 g/mol. The Morgan fingerprint density at radius 3 is 2.38 bits per heavy atom. The van der Waals surface area contributed by atoms with E-state index in [1.54, 1.807) is 0 Å². The third-order valence-electron chi connectivity index (χ3n) is 3.44. The van der Waals surface area contributed by atoms with Crippen LogP contribution in [0.3, 0.4) is 0 Å². The van der Waals surface area contributed by atoms with E-state index in [4.69, 9.17) is 0 Å². The zero-order valence-corrected chi connectivity index (χ0v) is 9.43. The molecule has 0 spiro atoms. The van der Waals surface area contributed by atoms with Gasteiger partial charge in [0.05, 0.1) is 0 Å². The Kier molecular flexibility index (Phi) is 2.24. The van der Waals surface area contributed by atoms with Crippen molar-refractivity contribution >= 4 is 0 Å². The average molecular weight is 209 g/mol. The fourth-order valence-corrected chi connectivity index (χ4v) is 2.24. The molecule has 2 aromatic rings. The van der Waals surface area contributed by atoms with Crippen LogP contribution in [0.5, 0.6) is 0 Å². The van der Waals surface area contributed by atoms with E-state index in [0.29, 0.717) is 0 Å². The summed E-state index contributed by atoms with van der Waals surface area (Å²) in [7, 11) is 0. The smallest absolute Gasteiger partial charge is 0.0346 e. The highest BCUT2D eigenvalue weighted by molar-refractivity contribution is 5.62. The summed E-state index contributed by atoms with van der Waals surface area (Å²) in [6.07, 6.45) is 5.07. The van der Waals surface area contributed by atoms with Crippen molar-refractivity contribution in [3.05, 3.63) is 54.4 Å². The van der Waals surface area contributed by atoms with Gasteiger partial charge >= 0.3 is 0 Å². The van der Waals surface area contributed by atoms with E-state index in [9.17, 15) is 0 Å². The molecule has 0 amide bonds. The Hall–Kier alpha value is -1.63. The van der Waals surface area contributed by atoms with E-state index >= 15 is 0 Å². The summed E-state index contributed by atoms with van der Waals surface area (Å²) in [6, 6.07) is 13.0. The lowest BCUT2D eigenvalue weighted by molar-refractivity contribution is 0.915. The molecule has 0 N–H and O–H groups in total. The summed E-state index contributed by atoms with van der Waals surface area (Å²) in [5.41, 5.74) is 3.93. The number of aromatic nitrogens is 1. The summed E-state index contributed by atoms with van der Waals surface area (Å²) in [4.78, 5) is 4.14. The Labute approximate surface area is 96.2 Å². The highest BCUT2D eigenvalue weighted by atomic mass is 14.6. The normalized spacial score (nSPS) is 23.1. The van der Waals surface area contributed by atoms with Crippen LogP contribution in [0.4, 0.5) is 0 Å². The molecule has 0 aliphatic heterocycles. The Morgan fingerprint density at radius 2 is 1.81 bits per heavy atom. The van der Waals surface area contributed by atoms with Crippen LogP contribution >= 0.6 is 0 Å². The van der Waals surface area contributed by atoms with Crippen LogP contribution < -0.4 is 0 Å². The predicted molar refractivity (Wildman–Crippen MR) is 66.2 cm³/mol. The molecule has 1 aliphatic rings. The highest BCUT2D eigenvalue weighted by Gasteiger charge is 2.33. The van der Waals surface area contributed by atoms with Crippen molar-refractivity contribution in [1.29, 1.82) is 0 Å². The number of hydrogen-bond donors (Lipinski definition) is 0. The molecule has 1 heteroatoms. The van der Waals surface area contributed by atoms with Gasteiger partial charge in [-0.3, -0.25) is 4.98 Å². The fraction of sp³-hybridized carbons (Fsp3) is 0.267. The van der Waals surface area contributed by atoms with Crippen LogP contribution in [0.15, 0.2) is 48.8 Å². The molecular formula is C15H15N. The van der Waals surface area contributed by atoms with Gasteiger partial charge in [-0.05, 0) is 41.0 Å². The van der Waals surface area contributed by atoms with Crippen molar-refractivity contribution < 1.29 is 0 Å². The molecule has 1 aliphatic carbocycles. The van der Waals surface area contributed by atoms with E-state index < -0.39 is 0 Å². The average Bonchev–Trinajstić information content (AvgIpc) is 3.08. The molecule has 1 heterocycles. The first-order valence-corrected chi connectivity index (χ1v) is 5.85. The first-order chi connectivity index (χ1) is 7.84. The van der Waals surface area contributed by atoms with E-state index in [0.717, 1.165) is 11.8 Å². The number of hydrogen-bond acceptors (Lipinski definition) is 1. The van der Waals surface area contributed by atoms with Crippen LogP contribution in [0.2, 0.25) is 0 Å². The zero-order valence-electron chi connectivity index (χ0n) is 9.43. The lowest BCUT2D eigenvalue weighted by Crippen LogP contribution is -1.83. The molecule has 2 atom stereocenters. The quantitative estimate of drug-likeness (QED) is 0.731. The maximum Gasteiger partial charge on any atom is 0.0346 e. The van der Waals surface area contributed by atoms with Crippen LogP contribution in [0.25, 0.3) is 11.1 Å². The third-order valence-corrected chi connectivity index (χ3v) is 3.44. The summed E-state index contributed by atoms with van der Waals surface area (Å²) >= 11 is 0. The molecule has 1 aromatic carbocycles. The van der Waals surface area contributed by atoms with Crippen LogP contribution in [-0.4, -0.2) is 4.98 Å². The largest absolute Gasteiger partial charge is 0.264 e. The number of pyridine rings is 1. The van der Waals surface area contributed by atoms with Gasteiger partial charge in [-0.25, -0.2) is 0 Å². The summed E-state index contributed by atoms with van der Waals surface area (Å²) in [5, 5.41) is 0. The van der Waals surface area contributed by atoms with E-state index in [1.807, 2.05) is 18.5 Å². The molecule has 3 rings (SSSR count). The number of rotatable bonds is 2. The van der Waals surface area contributed by atoms with Crippen molar-refractivity contribution in [3.8, 4) is 11.1 Å². The van der Waals surface area contributed by atoms with Crippen molar-refractivity contribution in [2.24, 2.45) is 5.92 Å². The second-order valence-electron chi connectivity index (χ2n) is 4.68. The van der Waals surface area contributed by atoms with Gasteiger partial charge in [0.2, 0.25) is 0 Å². The van der Waals surface area contributed by atoms with E-state index in [-0.39, 0.29) is 0 Å². The third kappa shape index (κ3) is 1.73. The molecule has 0 radical (unpaired) electrons. The maximum absolute atomic E-state index is 4.14. The Balaban J connectivity index is 1.88. The van der Waals surface area contributed by atoms with Crippen molar-refractivity contribution in [3.63, 3.8) is 0 Å². The molecule has 1 aromatic heterocycles. The lowest BCUT2D eigenvalue weighted by Gasteiger charge is -2.03. The number of nitrogens with zero attached hydrogens (tertiary/aromatic N) is 1. The second kappa shape index (κ2) is 3.75. The molecule has 1 unspecified atom stereocenters. The minimum absolute atomic E-state index is 0.808. The first-order valence-electron chi connectivity index (χ1n) is 5.85. The standard InChI is InChI=1S/C15H15N/c1-11-9-15(11)13-6-4-12(5-7-13)14-3-2-8-16-10-14/h2-8,10-11,15H,9H2,1H3/t11?,15-/m1/s1. The topological polar surface area (TPSA) is 12.9 Å². The monoisotopic (exact) mass is 209 g/mol. The SMILES string of the molecule is CC1C[C@H]1c1ccc(-c2cccnc2)cc1. The molecule has 80 valence electrons. The van der Waals surface area contributed by atoms with Gasteiger partial charge in [0.25, 0.3) is 0 Å². The van der Waals surface area contributed by atoms with Gasteiger partial charge in [-0.2, -0.15) is 0 Å². The minimum Gasteiger partial charge on any atom is -0.264 e. The van der Waals surface area contributed by atoms with Gasteiger partial charge in [-0.1, -0.05) is 37.3 Å². The molecule has 1 fully saturated rings. The van der Waals surface area contributed by atoms with Gasteiger partial charge in [0.1, 0.15) is 0 Å². The molecule has 16 heavy (non-hydrogen) atoms. The minimum atomic E-state index is 0.808. The molecule has 0 bridgehead atoms. The lowest BCUT2D eigenvalue weighted by atomic mass is 10.0. The van der Waals surface area contributed by atoms with Gasteiger partial charge in [-0.15, -0.1) is 0 Å². The summed E-state index contributed by atoms with van der Waals surface area (Å²) in [5.74, 6) is 1.69. The van der Waals surface area contributed by atoms with E-state index in [1.165, 1.54) is 23.1 Å². The predicted octanol–water partition coefficient (Wildman–Crippen LogP) is 3.87. The Morgan fingerprint density at radius 1 is 1.06 bits per heavy atom. The maximum atomic E-state index is 4.14. The number of benzene rings is 1. The van der Waals surface area contributed by atoms with Gasteiger partial charge in [0.15, 0.2) is 0 Å². The van der Waals surface area contributed by atoms with Crippen LogP contribution in [0.1, 0.15) is 24.8 Å². The summed E-state index contributed by atoms with van der Waals surface area (Å²) in [6.45, 7) is 2.32. The van der Waals surface area contributed by atoms with Crippen LogP contribution in [0, 0.1) is 5.92 Å². The Bertz CT molecular complexity index is 473.